The van der Waals surface area contributed by atoms with Gasteiger partial charge in [0.1, 0.15) is 21.5 Å². The van der Waals surface area contributed by atoms with Crippen LogP contribution in [0.4, 0.5) is 0 Å². The second-order valence-corrected chi connectivity index (χ2v) is 7.30. The highest BCUT2D eigenvalue weighted by atomic mass is 16.1. The van der Waals surface area contributed by atoms with Crippen molar-refractivity contribution in [3.05, 3.63) is 0 Å². The van der Waals surface area contributed by atoms with Gasteiger partial charge in [-0.25, -0.2) is 0 Å². The molecule has 104 valence electrons. The third kappa shape index (κ3) is 6.05. The average Bonchev–Trinajstić information content (AvgIpc) is 2.25. The lowest BCUT2D eigenvalue weighted by Gasteiger charge is -2.30. The maximum absolute atomic E-state index is 12.1. The third-order valence-corrected chi connectivity index (χ3v) is 3.63. The molecule has 0 heterocycles. The second kappa shape index (κ2) is 6.76. The highest BCUT2D eigenvalue weighted by Crippen LogP contribution is 2.30. The Morgan fingerprint density at radius 1 is 1.28 bits per heavy atom. The van der Waals surface area contributed by atoms with Gasteiger partial charge in [-0.1, -0.05) is 34.0 Å². The molecule has 0 aromatic carbocycles. The fourth-order valence-electron chi connectivity index (χ4n) is 2.28. The predicted molar refractivity (Wildman–Crippen MR) is 84.5 cm³/mol. The smallest absolute Gasteiger partial charge is 0.147 e. The lowest BCUT2D eigenvalue weighted by Crippen LogP contribution is -2.39. The Morgan fingerprint density at radius 3 is 2.11 bits per heavy atom. The summed E-state index contributed by atoms with van der Waals surface area (Å²) < 4.78 is 0. The minimum absolute atomic E-state index is 0.130. The van der Waals surface area contributed by atoms with Gasteiger partial charge in [0.15, 0.2) is 0 Å². The van der Waals surface area contributed by atoms with Crippen LogP contribution in [0, 0.1) is 11.3 Å². The Kier molecular flexibility index (Phi) is 6.66. The molecule has 3 nitrogen and oxygen atoms in total. The summed E-state index contributed by atoms with van der Waals surface area (Å²) in [5.41, 5.74) is 12.0. The van der Waals surface area contributed by atoms with Crippen LogP contribution < -0.4 is 11.5 Å². The summed E-state index contributed by atoms with van der Waals surface area (Å²) in [6.45, 7) is 8.88. The molecule has 0 aromatic rings. The van der Waals surface area contributed by atoms with E-state index in [1.165, 1.54) is 0 Å². The highest BCUT2D eigenvalue weighted by Gasteiger charge is 2.30. The number of Topliss-reactive ketones (excluding diaryl/α,β-unsaturated/α-hetero) is 1. The number of carbonyl (C=O) groups excluding carboxylic acids is 1. The number of rotatable bonds is 8. The van der Waals surface area contributed by atoms with E-state index in [0.717, 1.165) is 19.2 Å². The second-order valence-electron chi connectivity index (χ2n) is 7.30. The standard InChI is InChI=1S/C13H30B2N2O/c1-12(2,8-16)6-9(7-14)5-10(17)11(18)13(3,4)15/h9-10H,5-8,14-17H2,1-4H3. The van der Waals surface area contributed by atoms with Gasteiger partial charge in [0, 0.05) is 0 Å². The Bertz CT molecular complexity index is 275. The van der Waals surface area contributed by atoms with Crippen LogP contribution in [0.3, 0.4) is 0 Å². The molecule has 0 aliphatic carbocycles. The molecule has 0 aliphatic heterocycles. The van der Waals surface area contributed by atoms with Crippen LogP contribution in [0.1, 0.15) is 40.5 Å². The zero-order valence-corrected chi connectivity index (χ0v) is 13.0. The molecular formula is C13H30B2N2O. The van der Waals surface area contributed by atoms with Crippen molar-refractivity contribution in [1.29, 1.82) is 0 Å². The maximum Gasteiger partial charge on any atom is 0.147 e. The first-order valence-electron chi connectivity index (χ1n) is 7.03. The van der Waals surface area contributed by atoms with Gasteiger partial charge in [-0.05, 0) is 36.0 Å². The van der Waals surface area contributed by atoms with E-state index in [2.05, 4.69) is 21.7 Å². The summed E-state index contributed by atoms with van der Waals surface area (Å²) in [5.74, 6) is 0.636. The lowest BCUT2D eigenvalue weighted by atomic mass is 9.66. The molecule has 2 atom stereocenters. The summed E-state index contributed by atoms with van der Waals surface area (Å²) in [7, 11) is 4.09. The summed E-state index contributed by atoms with van der Waals surface area (Å²) in [5, 5.41) is -0.346. The van der Waals surface area contributed by atoms with Gasteiger partial charge in [-0.2, -0.15) is 0 Å². The first kappa shape index (κ1) is 17.7. The van der Waals surface area contributed by atoms with Crippen molar-refractivity contribution in [1.82, 2.24) is 0 Å². The molecule has 0 spiro atoms. The molecular weight excluding hydrogens is 222 g/mol. The SMILES string of the molecule is BCC(CC(N)C(=O)C(B)(C)C)CC(C)(C)CN. The number of hydrogen-bond acceptors (Lipinski definition) is 3. The Morgan fingerprint density at radius 2 is 1.78 bits per heavy atom. The molecule has 0 aliphatic rings. The fraction of sp³-hybridized carbons (Fsp3) is 0.923. The van der Waals surface area contributed by atoms with E-state index in [1.54, 1.807) is 0 Å². The van der Waals surface area contributed by atoms with Gasteiger partial charge in [-0.15, -0.1) is 0 Å². The van der Waals surface area contributed by atoms with Crippen molar-refractivity contribution < 1.29 is 4.79 Å². The monoisotopic (exact) mass is 252 g/mol. The van der Waals surface area contributed by atoms with E-state index < -0.39 is 0 Å². The molecule has 0 bridgehead atoms. The number of hydrogen-bond donors (Lipinski definition) is 2. The van der Waals surface area contributed by atoms with Crippen molar-refractivity contribution in [3.63, 3.8) is 0 Å². The van der Waals surface area contributed by atoms with Crippen molar-refractivity contribution in [2.75, 3.05) is 6.54 Å². The fourth-order valence-corrected chi connectivity index (χ4v) is 2.28. The molecule has 0 rings (SSSR count). The van der Waals surface area contributed by atoms with Crippen LogP contribution in [-0.4, -0.2) is 34.1 Å². The van der Waals surface area contributed by atoms with E-state index >= 15 is 0 Å². The van der Waals surface area contributed by atoms with Crippen LogP contribution in [-0.2, 0) is 4.79 Å². The van der Waals surface area contributed by atoms with E-state index in [-0.39, 0.29) is 22.6 Å². The molecule has 0 amide bonds. The Labute approximate surface area is 114 Å². The molecule has 0 radical (unpaired) electrons. The number of ketones is 1. The van der Waals surface area contributed by atoms with Crippen molar-refractivity contribution in [2.45, 2.75) is 58.2 Å². The molecule has 0 saturated carbocycles. The van der Waals surface area contributed by atoms with Crippen LogP contribution in [0.15, 0.2) is 0 Å². The minimum atomic E-state index is -0.346. The van der Waals surface area contributed by atoms with Crippen molar-refractivity contribution in [2.24, 2.45) is 22.8 Å². The Hall–Kier alpha value is -0.280. The largest absolute Gasteiger partial charge is 0.330 e. The van der Waals surface area contributed by atoms with Crippen molar-refractivity contribution in [3.8, 4) is 0 Å². The summed E-state index contributed by atoms with van der Waals surface area (Å²) in [4.78, 5) is 12.1. The van der Waals surface area contributed by atoms with Crippen LogP contribution >= 0.6 is 0 Å². The predicted octanol–water partition coefficient (Wildman–Crippen LogP) is 0.147. The first-order valence-corrected chi connectivity index (χ1v) is 7.03. The van der Waals surface area contributed by atoms with Gasteiger partial charge >= 0.3 is 0 Å². The minimum Gasteiger partial charge on any atom is -0.330 e. The van der Waals surface area contributed by atoms with Gasteiger partial charge in [0.2, 0.25) is 0 Å². The molecule has 2 unspecified atom stereocenters. The van der Waals surface area contributed by atoms with E-state index in [1.807, 2.05) is 21.7 Å². The van der Waals surface area contributed by atoms with E-state index in [4.69, 9.17) is 11.5 Å². The average molecular weight is 252 g/mol. The maximum atomic E-state index is 12.1. The van der Waals surface area contributed by atoms with Crippen LogP contribution in [0.2, 0.25) is 11.6 Å². The molecule has 0 aromatic heterocycles. The van der Waals surface area contributed by atoms with Gasteiger partial charge in [0.05, 0.1) is 6.04 Å². The van der Waals surface area contributed by atoms with Crippen LogP contribution in [0.5, 0.6) is 0 Å². The topological polar surface area (TPSA) is 69.1 Å². The van der Waals surface area contributed by atoms with Gasteiger partial charge in [0.25, 0.3) is 0 Å². The molecule has 4 N–H and O–H groups in total. The lowest BCUT2D eigenvalue weighted by molar-refractivity contribution is -0.122. The van der Waals surface area contributed by atoms with Crippen molar-refractivity contribution >= 4 is 21.5 Å². The third-order valence-electron chi connectivity index (χ3n) is 3.63. The van der Waals surface area contributed by atoms with E-state index in [0.29, 0.717) is 12.5 Å². The zero-order valence-electron chi connectivity index (χ0n) is 13.0. The molecule has 0 saturated heterocycles. The summed E-state index contributed by atoms with van der Waals surface area (Å²) in [6.07, 6.45) is 2.86. The quantitative estimate of drug-likeness (QED) is 0.604. The normalized spacial score (nSPS) is 16.3. The summed E-state index contributed by atoms with van der Waals surface area (Å²) >= 11 is 0. The highest BCUT2D eigenvalue weighted by molar-refractivity contribution is 6.28. The molecule has 0 fully saturated rings. The van der Waals surface area contributed by atoms with Crippen LogP contribution in [0.25, 0.3) is 0 Å². The zero-order chi connectivity index (χ0) is 14.6. The van der Waals surface area contributed by atoms with Gasteiger partial charge < -0.3 is 11.5 Å². The molecule has 18 heavy (non-hydrogen) atoms. The van der Waals surface area contributed by atoms with E-state index in [9.17, 15) is 4.79 Å². The first-order chi connectivity index (χ1) is 8.03. The number of carbonyl (C=O) groups is 1. The summed E-state index contributed by atoms with van der Waals surface area (Å²) in [6, 6.07) is -0.344. The van der Waals surface area contributed by atoms with Gasteiger partial charge in [-0.3, -0.25) is 4.79 Å². The number of nitrogens with two attached hydrogens (primary N) is 2. The molecule has 5 heteroatoms. The Balaban J connectivity index is 4.51.